The van der Waals surface area contributed by atoms with Crippen LogP contribution < -0.4 is 10.5 Å². The number of hydrogen-bond donors (Lipinski definition) is 2. The van der Waals surface area contributed by atoms with Gasteiger partial charge in [-0.05, 0) is 20.3 Å². The van der Waals surface area contributed by atoms with Crippen molar-refractivity contribution in [2.45, 2.75) is 38.5 Å². The van der Waals surface area contributed by atoms with E-state index < -0.39 is 15.3 Å². The van der Waals surface area contributed by atoms with Crippen LogP contribution in [-0.4, -0.2) is 23.6 Å². The van der Waals surface area contributed by atoms with Crippen LogP contribution in [0, 0.1) is 6.92 Å². The van der Waals surface area contributed by atoms with Crippen molar-refractivity contribution in [2.75, 3.05) is 0 Å². The van der Waals surface area contributed by atoms with Gasteiger partial charge in [-0.1, -0.05) is 19.1 Å². The van der Waals surface area contributed by atoms with E-state index in [0.717, 1.165) is 9.88 Å². The van der Waals surface area contributed by atoms with E-state index in [9.17, 15) is 8.42 Å². The molecule has 0 saturated heterocycles. The van der Waals surface area contributed by atoms with Gasteiger partial charge in [0.05, 0.1) is 11.0 Å². The first-order valence-corrected chi connectivity index (χ1v) is 8.27. The van der Waals surface area contributed by atoms with Crippen LogP contribution in [-0.2, 0) is 10.0 Å². The molecule has 0 aliphatic carbocycles. The second kappa shape index (κ2) is 6.05. The Hall–Kier alpha value is -0.570. The summed E-state index contributed by atoms with van der Waals surface area (Å²) in [4.78, 5) is 5.19. The summed E-state index contributed by atoms with van der Waals surface area (Å²) in [6.07, 6.45) is 2.07. The van der Waals surface area contributed by atoms with E-state index >= 15 is 0 Å². The normalized spacial score (nSPS) is 15.3. The molecule has 1 aromatic heterocycles. The van der Waals surface area contributed by atoms with Crippen molar-refractivity contribution < 1.29 is 8.42 Å². The Bertz CT molecular complexity index is 524. The molecule has 18 heavy (non-hydrogen) atoms. The second-order valence-electron chi connectivity index (χ2n) is 3.99. The molecule has 0 fully saturated rings. The topological polar surface area (TPSA) is 85.1 Å². The fourth-order valence-corrected chi connectivity index (χ4v) is 4.44. The van der Waals surface area contributed by atoms with Gasteiger partial charge in [0.15, 0.2) is 0 Å². The van der Waals surface area contributed by atoms with Crippen molar-refractivity contribution >= 4 is 38.6 Å². The van der Waals surface area contributed by atoms with Crippen molar-refractivity contribution in [3.63, 3.8) is 0 Å². The first kappa shape index (κ1) is 15.5. The summed E-state index contributed by atoms with van der Waals surface area (Å²) in [7, 11) is -3.56. The Labute approximate surface area is 117 Å². The van der Waals surface area contributed by atoms with Crippen LogP contribution >= 0.6 is 23.6 Å². The van der Waals surface area contributed by atoms with Gasteiger partial charge in [0, 0.05) is 11.1 Å². The zero-order chi connectivity index (χ0) is 13.9. The molecule has 2 unspecified atom stereocenters. The lowest BCUT2D eigenvalue weighted by molar-refractivity contribution is 0.559. The highest BCUT2D eigenvalue weighted by Gasteiger charge is 2.28. The van der Waals surface area contributed by atoms with Gasteiger partial charge in [0.1, 0.15) is 10.3 Å². The van der Waals surface area contributed by atoms with E-state index in [1.165, 1.54) is 11.3 Å². The molecule has 1 rings (SSSR count). The van der Waals surface area contributed by atoms with Crippen molar-refractivity contribution in [3.05, 3.63) is 16.1 Å². The van der Waals surface area contributed by atoms with Crippen LogP contribution in [0.3, 0.4) is 0 Å². The number of nitrogens with zero attached hydrogens (tertiary/aromatic N) is 1. The largest absolute Gasteiger partial charge is 0.392 e. The molecular weight excluding hydrogens is 290 g/mol. The summed E-state index contributed by atoms with van der Waals surface area (Å²) < 4.78 is 26.8. The zero-order valence-electron chi connectivity index (χ0n) is 10.5. The monoisotopic (exact) mass is 307 g/mol. The van der Waals surface area contributed by atoms with E-state index in [2.05, 4.69) is 9.71 Å². The summed E-state index contributed by atoms with van der Waals surface area (Å²) in [6.45, 7) is 5.41. The van der Waals surface area contributed by atoms with Gasteiger partial charge in [-0.25, -0.2) is 18.1 Å². The predicted molar refractivity (Wildman–Crippen MR) is 78.2 cm³/mol. The zero-order valence-corrected chi connectivity index (χ0v) is 13.0. The minimum absolute atomic E-state index is 0.00693. The predicted octanol–water partition coefficient (Wildman–Crippen LogP) is 1.50. The number of nitrogens with two attached hydrogens (primary N) is 1. The summed E-state index contributed by atoms with van der Waals surface area (Å²) in [5, 5.41) is -0.107. The molecule has 8 heteroatoms. The average molecular weight is 307 g/mol. The smallest absolute Gasteiger partial charge is 0.221 e. The number of aromatic nitrogens is 1. The van der Waals surface area contributed by atoms with Gasteiger partial charge in [0.25, 0.3) is 0 Å². The van der Waals surface area contributed by atoms with Gasteiger partial charge in [0.2, 0.25) is 10.0 Å². The maximum absolute atomic E-state index is 12.1. The highest BCUT2D eigenvalue weighted by Crippen LogP contribution is 2.20. The lowest BCUT2D eigenvalue weighted by atomic mass is 10.3. The quantitative estimate of drug-likeness (QED) is 0.778. The van der Waals surface area contributed by atoms with Crippen molar-refractivity contribution in [1.29, 1.82) is 0 Å². The molecule has 0 radical (unpaired) electrons. The lowest BCUT2D eigenvalue weighted by Crippen LogP contribution is -2.42. The van der Waals surface area contributed by atoms with Crippen LogP contribution in [0.25, 0.3) is 0 Å². The van der Waals surface area contributed by atoms with E-state index in [1.54, 1.807) is 20.0 Å². The second-order valence-corrected chi connectivity index (χ2v) is 7.63. The highest BCUT2D eigenvalue weighted by molar-refractivity contribution is 7.93. The van der Waals surface area contributed by atoms with E-state index in [4.69, 9.17) is 18.0 Å². The summed E-state index contributed by atoms with van der Waals surface area (Å²) in [5.41, 5.74) is 5.45. The first-order chi connectivity index (χ1) is 8.27. The molecule has 102 valence electrons. The number of rotatable bonds is 6. The maximum Gasteiger partial charge on any atom is 0.221 e. The molecule has 3 N–H and O–H groups in total. The summed E-state index contributed by atoms with van der Waals surface area (Å²) >= 11 is 6.25. The number of nitrogens with one attached hydrogen (secondary N) is 1. The molecule has 5 nitrogen and oxygen atoms in total. The SMILES string of the molecule is CCC(C(N)=S)S(=O)(=O)NC(C)c1ncc(C)s1. The van der Waals surface area contributed by atoms with Crippen molar-refractivity contribution in [2.24, 2.45) is 5.73 Å². The number of aryl methyl sites for hydroxylation is 1. The number of hydrogen-bond acceptors (Lipinski definition) is 5. The van der Waals surface area contributed by atoms with E-state index in [1.807, 2.05) is 6.92 Å². The third-order valence-electron chi connectivity index (χ3n) is 2.41. The molecule has 0 saturated carbocycles. The third-order valence-corrected chi connectivity index (χ3v) is 5.96. The Morgan fingerprint density at radius 2 is 2.28 bits per heavy atom. The maximum atomic E-state index is 12.1. The summed E-state index contributed by atoms with van der Waals surface area (Å²) in [5.74, 6) is 0. The van der Waals surface area contributed by atoms with Gasteiger partial charge >= 0.3 is 0 Å². The Morgan fingerprint density at radius 1 is 1.67 bits per heavy atom. The Balaban J connectivity index is 2.86. The fourth-order valence-electron chi connectivity index (χ4n) is 1.52. The number of sulfonamides is 1. The van der Waals surface area contributed by atoms with Crippen LogP contribution in [0.2, 0.25) is 0 Å². The van der Waals surface area contributed by atoms with Crippen LogP contribution in [0.15, 0.2) is 6.20 Å². The van der Waals surface area contributed by atoms with Gasteiger partial charge in [-0.15, -0.1) is 11.3 Å². The average Bonchev–Trinajstić information content (AvgIpc) is 2.63. The van der Waals surface area contributed by atoms with Crippen LogP contribution in [0.4, 0.5) is 0 Å². The van der Waals surface area contributed by atoms with Crippen LogP contribution in [0.1, 0.15) is 36.2 Å². The number of thiocarbonyl (C=S) groups is 1. The molecule has 0 spiro atoms. The van der Waals surface area contributed by atoms with Gasteiger partial charge in [-0.3, -0.25) is 0 Å². The molecule has 1 aromatic rings. The molecule has 0 aromatic carbocycles. The van der Waals surface area contributed by atoms with Crippen molar-refractivity contribution in [1.82, 2.24) is 9.71 Å². The first-order valence-electron chi connectivity index (χ1n) is 5.50. The third kappa shape index (κ3) is 3.71. The molecule has 0 aliphatic rings. The Morgan fingerprint density at radius 3 is 2.67 bits per heavy atom. The standard InChI is InChI=1S/C10H17N3O2S3/c1-4-8(9(11)16)18(14,15)13-7(3)10-12-5-6(2)17-10/h5,7-8,13H,4H2,1-3H3,(H2,11,16). The van der Waals surface area contributed by atoms with Crippen molar-refractivity contribution in [3.8, 4) is 0 Å². The summed E-state index contributed by atoms with van der Waals surface area (Å²) in [6, 6.07) is -0.378. The van der Waals surface area contributed by atoms with Crippen LogP contribution in [0.5, 0.6) is 0 Å². The highest BCUT2D eigenvalue weighted by atomic mass is 32.2. The molecule has 0 bridgehead atoms. The minimum Gasteiger partial charge on any atom is -0.392 e. The lowest BCUT2D eigenvalue weighted by Gasteiger charge is -2.18. The molecular formula is C10H17N3O2S3. The fraction of sp³-hybridized carbons (Fsp3) is 0.600. The number of thiazole rings is 1. The molecule has 0 amide bonds. The van der Waals surface area contributed by atoms with E-state index in [0.29, 0.717) is 6.42 Å². The van der Waals surface area contributed by atoms with Gasteiger partial charge < -0.3 is 5.73 Å². The Kier molecular flexibility index (Phi) is 5.20. The molecule has 2 atom stereocenters. The van der Waals surface area contributed by atoms with Gasteiger partial charge in [-0.2, -0.15) is 0 Å². The minimum atomic E-state index is -3.56. The van der Waals surface area contributed by atoms with E-state index in [-0.39, 0.29) is 11.0 Å². The molecule has 0 aliphatic heterocycles. The molecule has 1 heterocycles.